The molecule has 1 aliphatic heterocycles. The summed E-state index contributed by atoms with van der Waals surface area (Å²) in [5.41, 5.74) is 12.7. The number of hydrogen-bond acceptors (Lipinski definition) is 0. The molecule has 0 amide bonds. The zero-order valence-corrected chi connectivity index (χ0v) is 15.7. The summed E-state index contributed by atoms with van der Waals surface area (Å²) in [6.07, 6.45) is 2.68. The highest BCUT2D eigenvalue weighted by atomic mass is 14.5. The van der Waals surface area contributed by atoms with Gasteiger partial charge in [-0.3, -0.25) is 0 Å². The molecule has 0 unspecified atom stereocenters. The molecule has 7 rings (SSSR count). The van der Waals surface area contributed by atoms with Crippen molar-refractivity contribution in [3.63, 3.8) is 0 Å². The summed E-state index contributed by atoms with van der Waals surface area (Å²) in [6.45, 7) is 0.762. The highest BCUT2D eigenvalue weighted by Gasteiger charge is 2.51. The van der Waals surface area contributed by atoms with Gasteiger partial charge in [0.15, 0.2) is 6.71 Å². The lowest BCUT2D eigenvalue weighted by atomic mass is 9.61. The lowest BCUT2D eigenvalue weighted by Crippen LogP contribution is -2.28. The fourth-order valence-electron chi connectivity index (χ4n) is 5.78. The molecule has 130 valence electrons. The molecule has 3 aliphatic rings. The maximum absolute atomic E-state index is 2.53. The van der Waals surface area contributed by atoms with Crippen molar-refractivity contribution in [1.29, 1.82) is 0 Å². The van der Waals surface area contributed by atoms with Gasteiger partial charge in [0.25, 0.3) is 0 Å². The van der Waals surface area contributed by atoms with E-state index >= 15 is 0 Å². The van der Waals surface area contributed by atoms with Crippen molar-refractivity contribution >= 4 is 12.2 Å². The molecule has 0 saturated carbocycles. The Hall–Kier alpha value is -3.06. The van der Waals surface area contributed by atoms with Crippen LogP contribution in [-0.2, 0) is 5.41 Å². The van der Waals surface area contributed by atoms with Crippen LogP contribution < -0.4 is 5.46 Å². The van der Waals surface area contributed by atoms with Crippen molar-refractivity contribution in [3.05, 3.63) is 113 Å². The van der Waals surface area contributed by atoms with Crippen molar-refractivity contribution in [1.82, 2.24) is 0 Å². The van der Waals surface area contributed by atoms with Crippen molar-refractivity contribution in [2.24, 2.45) is 0 Å². The molecule has 1 spiro atoms. The summed E-state index contributed by atoms with van der Waals surface area (Å²) in [5.74, 6) is 0. The predicted octanol–water partition coefficient (Wildman–Crippen LogP) is 5.75. The average molecular weight is 354 g/mol. The maximum Gasteiger partial charge on any atom is 0.174 e. The third kappa shape index (κ3) is 1.65. The van der Waals surface area contributed by atoms with Gasteiger partial charge in [0.05, 0.1) is 5.41 Å². The molecule has 0 aromatic heterocycles. The van der Waals surface area contributed by atoms with Crippen molar-refractivity contribution in [2.75, 3.05) is 0 Å². The minimum absolute atomic E-state index is 0.177. The quantitative estimate of drug-likeness (QED) is 0.330. The monoisotopic (exact) mass is 354 g/mol. The molecular weight excluding hydrogens is 335 g/mol. The summed E-state index contributed by atoms with van der Waals surface area (Å²) in [4.78, 5) is 0. The largest absolute Gasteiger partial charge is 0.174 e. The normalized spacial score (nSPS) is 16.5. The first-order valence-corrected chi connectivity index (χ1v) is 10.3. The van der Waals surface area contributed by atoms with Gasteiger partial charge >= 0.3 is 0 Å². The van der Waals surface area contributed by atoms with E-state index in [1.807, 2.05) is 0 Å². The van der Waals surface area contributed by atoms with E-state index in [0.29, 0.717) is 0 Å². The molecule has 1 fully saturated rings. The first-order chi connectivity index (χ1) is 13.9. The zero-order chi connectivity index (χ0) is 18.3. The molecule has 1 heteroatoms. The van der Waals surface area contributed by atoms with Gasteiger partial charge in [0, 0.05) is 0 Å². The van der Waals surface area contributed by atoms with E-state index in [9.17, 15) is 0 Å². The topological polar surface area (TPSA) is 0 Å². The minimum atomic E-state index is -0.177. The van der Waals surface area contributed by atoms with Crippen LogP contribution in [0.1, 0.15) is 22.3 Å². The van der Waals surface area contributed by atoms with E-state index in [1.54, 1.807) is 0 Å². The molecule has 1 heterocycles. The van der Waals surface area contributed by atoms with E-state index in [0.717, 1.165) is 6.71 Å². The van der Waals surface area contributed by atoms with Crippen LogP contribution in [0.25, 0.3) is 22.3 Å². The van der Waals surface area contributed by atoms with E-state index in [2.05, 4.69) is 91.0 Å². The molecule has 0 atom stereocenters. The van der Waals surface area contributed by atoms with Crippen LogP contribution >= 0.6 is 0 Å². The first-order valence-electron chi connectivity index (χ1n) is 10.3. The lowest BCUT2D eigenvalue weighted by Gasteiger charge is -2.30. The fraction of sp³-hybridized carbons (Fsp3) is 0.111. The summed E-state index contributed by atoms with van der Waals surface area (Å²) in [7, 11) is 0. The Morgan fingerprint density at radius 2 is 0.964 bits per heavy atom. The lowest BCUT2D eigenvalue weighted by molar-refractivity contribution is 0.794. The van der Waals surface area contributed by atoms with E-state index < -0.39 is 0 Å². The third-order valence-electron chi connectivity index (χ3n) is 7.07. The molecule has 0 nitrogen and oxygen atoms in total. The van der Waals surface area contributed by atoms with Crippen molar-refractivity contribution < 1.29 is 0 Å². The molecule has 0 radical (unpaired) electrons. The van der Waals surface area contributed by atoms with Crippen molar-refractivity contribution in [3.8, 4) is 22.3 Å². The number of hydrogen-bond donors (Lipinski definition) is 0. The fourth-order valence-corrected chi connectivity index (χ4v) is 5.78. The standard InChI is InChI=1S/C27H19B/c1-4-10-23-19(7-1)20-8-2-5-11-24(20)27(23)25-12-6-3-9-21(25)22-14-13-18(17-26(22)27)28-15-16-28/h1-14,17H,15-16H2. The zero-order valence-electron chi connectivity index (χ0n) is 15.7. The van der Waals surface area contributed by atoms with Gasteiger partial charge < -0.3 is 0 Å². The Balaban J connectivity index is 1.68. The Morgan fingerprint density at radius 3 is 1.46 bits per heavy atom. The van der Waals surface area contributed by atoms with Gasteiger partial charge in [0.1, 0.15) is 0 Å². The average Bonchev–Trinajstić information content (AvgIpc) is 3.52. The van der Waals surface area contributed by atoms with E-state index in [4.69, 9.17) is 0 Å². The summed E-state index contributed by atoms with van der Waals surface area (Å²) < 4.78 is 0. The first kappa shape index (κ1) is 14.9. The molecule has 4 aromatic carbocycles. The number of benzene rings is 4. The van der Waals surface area contributed by atoms with Crippen molar-refractivity contribution in [2.45, 2.75) is 18.1 Å². The van der Waals surface area contributed by atoms with Crippen LogP contribution in [0.15, 0.2) is 91.0 Å². The van der Waals surface area contributed by atoms with Crippen LogP contribution in [0.5, 0.6) is 0 Å². The van der Waals surface area contributed by atoms with E-state index in [-0.39, 0.29) is 5.41 Å². The van der Waals surface area contributed by atoms with Gasteiger partial charge in [-0.1, -0.05) is 109 Å². The minimum Gasteiger partial charge on any atom is -0.0798 e. The molecule has 2 aliphatic carbocycles. The van der Waals surface area contributed by atoms with Crippen LogP contribution in [0.3, 0.4) is 0 Å². The van der Waals surface area contributed by atoms with Gasteiger partial charge in [0.2, 0.25) is 0 Å². The second-order valence-electron chi connectivity index (χ2n) is 8.47. The molecular formula is C27H19B. The Kier molecular flexibility index (Phi) is 2.70. The van der Waals surface area contributed by atoms with Gasteiger partial charge in [-0.15, -0.1) is 0 Å². The molecule has 1 saturated heterocycles. The Morgan fingerprint density at radius 1 is 0.500 bits per heavy atom. The summed E-state index contributed by atoms with van der Waals surface area (Å²) in [6, 6.07) is 34.4. The van der Waals surface area contributed by atoms with Crippen LogP contribution in [0, 0.1) is 0 Å². The van der Waals surface area contributed by atoms with Gasteiger partial charge in [-0.05, 0) is 44.5 Å². The highest BCUT2D eigenvalue weighted by molar-refractivity contribution is 6.82. The molecule has 0 N–H and O–H groups in total. The summed E-state index contributed by atoms with van der Waals surface area (Å²) in [5, 5.41) is 0. The van der Waals surface area contributed by atoms with Crippen LogP contribution in [0.4, 0.5) is 0 Å². The molecule has 4 aromatic rings. The smallest absolute Gasteiger partial charge is 0.0798 e. The van der Waals surface area contributed by atoms with Crippen LogP contribution in [-0.4, -0.2) is 6.71 Å². The molecule has 0 bridgehead atoms. The Bertz CT molecular complexity index is 1220. The van der Waals surface area contributed by atoms with E-state index in [1.165, 1.54) is 62.6 Å². The predicted molar refractivity (Wildman–Crippen MR) is 118 cm³/mol. The Labute approximate surface area is 166 Å². The SMILES string of the molecule is c1ccc2c(c1)-c1ccccc1C21c2ccccc2-c2ccc(B3CC3)cc21. The molecule has 28 heavy (non-hydrogen) atoms. The maximum atomic E-state index is 2.53. The van der Waals surface area contributed by atoms with Gasteiger partial charge in [-0.2, -0.15) is 0 Å². The second-order valence-corrected chi connectivity index (χ2v) is 8.47. The number of fused-ring (bicyclic) bond motifs is 10. The second kappa shape index (κ2) is 5.05. The number of rotatable bonds is 1. The third-order valence-corrected chi connectivity index (χ3v) is 7.07. The van der Waals surface area contributed by atoms with Crippen LogP contribution in [0.2, 0.25) is 12.6 Å². The summed E-state index contributed by atoms with van der Waals surface area (Å²) >= 11 is 0. The highest BCUT2D eigenvalue weighted by Crippen LogP contribution is 2.62. The van der Waals surface area contributed by atoms with Gasteiger partial charge in [-0.25, -0.2) is 0 Å².